The molecule has 3 heteroatoms. The molecular formula is C25H27F3. The normalized spacial score (nSPS) is 27.3. The van der Waals surface area contributed by atoms with Crippen molar-refractivity contribution in [2.75, 3.05) is 0 Å². The van der Waals surface area contributed by atoms with Gasteiger partial charge in [-0.05, 0) is 91.9 Å². The molecule has 0 N–H and O–H groups in total. The van der Waals surface area contributed by atoms with E-state index in [1.807, 2.05) is 0 Å². The Hall–Kier alpha value is -2.03. The minimum atomic E-state index is -0.863. The van der Waals surface area contributed by atoms with Crippen molar-refractivity contribution in [3.05, 3.63) is 71.6 Å². The number of halogens is 3. The van der Waals surface area contributed by atoms with E-state index < -0.39 is 17.5 Å². The summed E-state index contributed by atoms with van der Waals surface area (Å²) in [6, 6.07) is 7.83. The lowest BCUT2D eigenvalue weighted by atomic mass is 9.64. The molecule has 2 fully saturated rings. The molecule has 4 rings (SSSR count). The van der Waals surface area contributed by atoms with Crippen molar-refractivity contribution in [2.45, 2.75) is 51.4 Å². The molecule has 0 radical (unpaired) electrons. The topological polar surface area (TPSA) is 0 Å². The van der Waals surface area contributed by atoms with E-state index >= 15 is 0 Å². The highest BCUT2D eigenvalue weighted by Gasteiger charge is 2.36. The van der Waals surface area contributed by atoms with Crippen molar-refractivity contribution in [3.63, 3.8) is 0 Å². The van der Waals surface area contributed by atoms with Crippen molar-refractivity contribution in [1.29, 1.82) is 0 Å². The van der Waals surface area contributed by atoms with E-state index in [9.17, 15) is 13.2 Å². The van der Waals surface area contributed by atoms with Crippen LogP contribution in [0.15, 0.2) is 43.0 Å². The third-order valence-electron chi connectivity index (χ3n) is 7.02. The average Bonchev–Trinajstić information content (AvgIpc) is 2.71. The fourth-order valence-corrected chi connectivity index (χ4v) is 5.29. The van der Waals surface area contributed by atoms with Crippen LogP contribution in [0, 0.1) is 42.1 Å². The van der Waals surface area contributed by atoms with E-state index in [4.69, 9.17) is 0 Å². The van der Waals surface area contributed by atoms with Gasteiger partial charge in [-0.1, -0.05) is 30.3 Å². The van der Waals surface area contributed by atoms with Gasteiger partial charge >= 0.3 is 0 Å². The van der Waals surface area contributed by atoms with Crippen LogP contribution in [0.2, 0.25) is 0 Å². The first-order chi connectivity index (χ1) is 13.5. The molecule has 0 bridgehead atoms. The van der Waals surface area contributed by atoms with Gasteiger partial charge in [0, 0.05) is 5.56 Å². The van der Waals surface area contributed by atoms with Crippen molar-refractivity contribution in [3.8, 4) is 11.1 Å². The molecule has 4 unspecified atom stereocenters. The molecule has 2 aliphatic rings. The Morgan fingerprint density at radius 2 is 1.64 bits per heavy atom. The molecule has 0 aromatic heterocycles. The Bertz CT molecular complexity index is 886. The summed E-state index contributed by atoms with van der Waals surface area (Å²) in [5.74, 6) is -0.0604. The molecule has 0 nitrogen and oxygen atoms in total. The summed E-state index contributed by atoms with van der Waals surface area (Å²) in [4.78, 5) is 0. The second-order valence-corrected chi connectivity index (χ2v) is 8.63. The third-order valence-corrected chi connectivity index (χ3v) is 7.02. The number of aryl methyl sites for hydroxylation is 1. The van der Waals surface area contributed by atoms with Crippen molar-refractivity contribution < 1.29 is 13.2 Å². The molecule has 2 aliphatic carbocycles. The number of hydrogen-bond donors (Lipinski definition) is 0. The molecule has 2 aromatic rings. The van der Waals surface area contributed by atoms with Gasteiger partial charge in [-0.25, -0.2) is 13.2 Å². The Kier molecular flexibility index (Phi) is 5.35. The summed E-state index contributed by atoms with van der Waals surface area (Å²) >= 11 is 0. The first-order valence-corrected chi connectivity index (χ1v) is 10.3. The molecule has 2 aromatic carbocycles. The van der Waals surface area contributed by atoms with Gasteiger partial charge in [-0.3, -0.25) is 0 Å². The number of benzene rings is 2. The predicted octanol–water partition coefficient (Wildman–Crippen LogP) is 7.57. The van der Waals surface area contributed by atoms with Crippen LogP contribution in [-0.2, 0) is 0 Å². The van der Waals surface area contributed by atoms with E-state index in [0.29, 0.717) is 34.4 Å². The number of fused-ring (bicyclic) bond motifs is 1. The van der Waals surface area contributed by atoms with Crippen LogP contribution in [0.4, 0.5) is 13.2 Å². The summed E-state index contributed by atoms with van der Waals surface area (Å²) < 4.78 is 43.7. The molecule has 0 amide bonds. The van der Waals surface area contributed by atoms with Crippen LogP contribution in [0.3, 0.4) is 0 Å². The SMILES string of the molecule is C=CC1CCC2CC(c3ccc(-c4ccc(C)c(F)c4)c(F)c3F)CCC2C1. The monoisotopic (exact) mass is 384 g/mol. The maximum Gasteiger partial charge on any atom is 0.166 e. The lowest BCUT2D eigenvalue weighted by molar-refractivity contribution is 0.132. The Labute approximate surface area is 165 Å². The fourth-order valence-electron chi connectivity index (χ4n) is 5.29. The maximum atomic E-state index is 15.0. The van der Waals surface area contributed by atoms with E-state index in [1.165, 1.54) is 12.5 Å². The van der Waals surface area contributed by atoms with Gasteiger partial charge in [0.15, 0.2) is 11.6 Å². The summed E-state index contributed by atoms with van der Waals surface area (Å²) in [6.07, 6.45) is 8.49. The second-order valence-electron chi connectivity index (χ2n) is 8.63. The highest BCUT2D eigenvalue weighted by atomic mass is 19.2. The zero-order chi connectivity index (χ0) is 19.8. The lowest BCUT2D eigenvalue weighted by Gasteiger charge is -2.41. The largest absolute Gasteiger partial charge is 0.207 e. The second kappa shape index (κ2) is 7.77. The zero-order valence-corrected chi connectivity index (χ0v) is 16.4. The van der Waals surface area contributed by atoms with Crippen LogP contribution in [-0.4, -0.2) is 0 Å². The van der Waals surface area contributed by atoms with Gasteiger partial charge in [0.2, 0.25) is 0 Å². The molecule has 0 saturated heterocycles. The first-order valence-electron chi connectivity index (χ1n) is 10.3. The van der Waals surface area contributed by atoms with E-state index in [1.54, 1.807) is 31.2 Å². The molecule has 148 valence electrons. The van der Waals surface area contributed by atoms with Gasteiger partial charge in [0.25, 0.3) is 0 Å². The highest BCUT2D eigenvalue weighted by Crippen LogP contribution is 2.48. The van der Waals surface area contributed by atoms with Gasteiger partial charge in [-0.2, -0.15) is 0 Å². The molecule has 0 aliphatic heterocycles. The molecular weight excluding hydrogens is 357 g/mol. The molecule has 28 heavy (non-hydrogen) atoms. The summed E-state index contributed by atoms with van der Waals surface area (Å²) in [7, 11) is 0. The van der Waals surface area contributed by atoms with E-state index in [0.717, 1.165) is 32.1 Å². The van der Waals surface area contributed by atoms with Crippen molar-refractivity contribution in [2.24, 2.45) is 17.8 Å². The molecule has 0 heterocycles. The Balaban J connectivity index is 1.57. The van der Waals surface area contributed by atoms with E-state index in [2.05, 4.69) is 12.7 Å². The number of allylic oxidation sites excluding steroid dienone is 1. The van der Waals surface area contributed by atoms with E-state index in [-0.39, 0.29) is 11.5 Å². The minimum absolute atomic E-state index is 0.0693. The standard InChI is InChI=1S/C25H27F3/c1-3-16-5-7-18-13-19(9-8-17(18)12-16)21-10-11-22(25(28)24(21)27)20-6-4-15(2)23(26)14-20/h3-4,6,10-11,14,16-19H,1,5,7-9,12-13H2,2H3. The van der Waals surface area contributed by atoms with Gasteiger partial charge in [-0.15, -0.1) is 6.58 Å². The van der Waals surface area contributed by atoms with Crippen molar-refractivity contribution >= 4 is 0 Å². The number of hydrogen-bond acceptors (Lipinski definition) is 0. The zero-order valence-electron chi connectivity index (χ0n) is 16.4. The van der Waals surface area contributed by atoms with Crippen LogP contribution in [0.5, 0.6) is 0 Å². The number of rotatable bonds is 3. The first kappa shape index (κ1) is 19.3. The van der Waals surface area contributed by atoms with Crippen LogP contribution >= 0.6 is 0 Å². The van der Waals surface area contributed by atoms with Gasteiger partial charge < -0.3 is 0 Å². The summed E-state index contributed by atoms with van der Waals surface area (Å²) in [6.45, 7) is 5.59. The van der Waals surface area contributed by atoms with Gasteiger partial charge in [0.05, 0.1) is 0 Å². The predicted molar refractivity (Wildman–Crippen MR) is 108 cm³/mol. The average molecular weight is 384 g/mol. The highest BCUT2D eigenvalue weighted by molar-refractivity contribution is 5.65. The summed E-state index contributed by atoms with van der Waals surface area (Å²) in [5, 5.41) is 0. The lowest BCUT2D eigenvalue weighted by Crippen LogP contribution is -2.30. The Morgan fingerprint density at radius 3 is 2.39 bits per heavy atom. The van der Waals surface area contributed by atoms with Crippen LogP contribution < -0.4 is 0 Å². The smallest absolute Gasteiger partial charge is 0.166 e. The fraction of sp³-hybridized carbons (Fsp3) is 0.440. The maximum absolute atomic E-state index is 15.0. The van der Waals surface area contributed by atoms with Crippen LogP contribution in [0.25, 0.3) is 11.1 Å². The molecule has 4 atom stereocenters. The Morgan fingerprint density at radius 1 is 0.893 bits per heavy atom. The molecule has 0 spiro atoms. The molecule has 2 saturated carbocycles. The minimum Gasteiger partial charge on any atom is -0.207 e. The quantitative estimate of drug-likeness (QED) is 0.479. The van der Waals surface area contributed by atoms with Crippen LogP contribution in [0.1, 0.15) is 55.6 Å². The van der Waals surface area contributed by atoms with Crippen molar-refractivity contribution in [1.82, 2.24) is 0 Å². The third kappa shape index (κ3) is 3.52. The van der Waals surface area contributed by atoms with Gasteiger partial charge in [0.1, 0.15) is 5.82 Å². The summed E-state index contributed by atoms with van der Waals surface area (Å²) in [5.41, 5.74) is 1.47.